The second-order valence-corrected chi connectivity index (χ2v) is 3.13. The van der Waals surface area contributed by atoms with Gasteiger partial charge < -0.3 is 0 Å². The standard InChI is InChI=1S/C8H17NO/c1-5-6-7-9-10-8(2,3)4/h5-6,9H,7H2,1-4H3/b6-5+. The molecule has 0 aliphatic carbocycles. The molecule has 0 rings (SSSR count). The average molecular weight is 143 g/mol. The van der Waals surface area contributed by atoms with Crippen molar-refractivity contribution < 1.29 is 4.84 Å². The van der Waals surface area contributed by atoms with Gasteiger partial charge in [0.15, 0.2) is 0 Å². The maximum Gasteiger partial charge on any atom is 0.0813 e. The van der Waals surface area contributed by atoms with Gasteiger partial charge in [-0.2, -0.15) is 5.48 Å². The van der Waals surface area contributed by atoms with E-state index in [0.29, 0.717) is 0 Å². The Labute approximate surface area is 63.2 Å². The van der Waals surface area contributed by atoms with Crippen molar-refractivity contribution >= 4 is 0 Å². The molecule has 0 aromatic rings. The van der Waals surface area contributed by atoms with E-state index in [0.717, 1.165) is 6.54 Å². The normalized spacial score (nSPS) is 12.8. The van der Waals surface area contributed by atoms with E-state index < -0.39 is 0 Å². The van der Waals surface area contributed by atoms with Crippen molar-refractivity contribution in [1.29, 1.82) is 0 Å². The van der Waals surface area contributed by atoms with Crippen molar-refractivity contribution in [3.63, 3.8) is 0 Å². The highest BCUT2D eigenvalue weighted by molar-refractivity contribution is 4.77. The van der Waals surface area contributed by atoms with Crippen molar-refractivity contribution in [2.24, 2.45) is 0 Å². The van der Waals surface area contributed by atoms with Crippen LogP contribution in [0.4, 0.5) is 0 Å². The SMILES string of the molecule is C/C=C/CNOC(C)(C)C. The first-order chi connectivity index (χ1) is 4.56. The van der Waals surface area contributed by atoms with Crippen LogP contribution in [0, 0.1) is 0 Å². The Balaban J connectivity index is 3.20. The van der Waals surface area contributed by atoms with Crippen LogP contribution in [0.1, 0.15) is 27.7 Å². The largest absolute Gasteiger partial charge is 0.296 e. The van der Waals surface area contributed by atoms with Gasteiger partial charge in [-0.05, 0) is 27.7 Å². The maximum atomic E-state index is 5.23. The average Bonchev–Trinajstić information content (AvgIpc) is 1.78. The predicted molar refractivity (Wildman–Crippen MR) is 43.7 cm³/mol. The third-order valence-corrected chi connectivity index (χ3v) is 0.815. The van der Waals surface area contributed by atoms with Gasteiger partial charge in [0.2, 0.25) is 0 Å². The molecule has 0 heterocycles. The Morgan fingerprint density at radius 3 is 2.40 bits per heavy atom. The van der Waals surface area contributed by atoms with Crippen molar-refractivity contribution in [2.45, 2.75) is 33.3 Å². The first kappa shape index (κ1) is 9.66. The lowest BCUT2D eigenvalue weighted by Crippen LogP contribution is -2.29. The fourth-order valence-corrected chi connectivity index (χ4v) is 0.424. The van der Waals surface area contributed by atoms with E-state index in [1.165, 1.54) is 0 Å². The third-order valence-electron chi connectivity index (χ3n) is 0.815. The lowest BCUT2D eigenvalue weighted by Gasteiger charge is -2.18. The van der Waals surface area contributed by atoms with Crippen LogP contribution in [0.15, 0.2) is 12.2 Å². The summed E-state index contributed by atoms with van der Waals surface area (Å²) in [7, 11) is 0. The summed E-state index contributed by atoms with van der Waals surface area (Å²) in [5.41, 5.74) is 2.74. The Kier molecular flexibility index (Phi) is 4.32. The molecule has 60 valence electrons. The Bertz CT molecular complexity index is 102. The zero-order valence-corrected chi connectivity index (χ0v) is 7.27. The van der Waals surface area contributed by atoms with Gasteiger partial charge in [-0.25, -0.2) is 0 Å². The van der Waals surface area contributed by atoms with Gasteiger partial charge in [-0.15, -0.1) is 0 Å². The third kappa shape index (κ3) is 7.66. The number of allylic oxidation sites excluding steroid dienone is 1. The lowest BCUT2D eigenvalue weighted by atomic mass is 10.2. The Hall–Kier alpha value is -0.340. The fourth-order valence-electron chi connectivity index (χ4n) is 0.424. The molecule has 0 aliphatic rings. The highest BCUT2D eigenvalue weighted by Crippen LogP contribution is 2.02. The van der Waals surface area contributed by atoms with Crippen molar-refractivity contribution in [3.8, 4) is 0 Å². The molecule has 0 aromatic heterocycles. The molecule has 2 heteroatoms. The van der Waals surface area contributed by atoms with Gasteiger partial charge in [0.1, 0.15) is 0 Å². The van der Waals surface area contributed by atoms with Crippen LogP contribution in [-0.4, -0.2) is 12.1 Å². The van der Waals surface area contributed by atoms with E-state index in [4.69, 9.17) is 4.84 Å². The number of hydrogen-bond acceptors (Lipinski definition) is 2. The van der Waals surface area contributed by atoms with E-state index in [1.54, 1.807) is 0 Å². The number of hydroxylamine groups is 1. The summed E-state index contributed by atoms with van der Waals surface area (Å²) in [4.78, 5) is 5.23. The minimum absolute atomic E-state index is 0.0957. The second-order valence-electron chi connectivity index (χ2n) is 3.13. The predicted octanol–water partition coefficient (Wildman–Crippen LogP) is 1.88. The first-order valence-corrected chi connectivity index (χ1v) is 3.58. The molecule has 0 unspecified atom stereocenters. The smallest absolute Gasteiger partial charge is 0.0813 e. The summed E-state index contributed by atoms with van der Waals surface area (Å²) in [5.74, 6) is 0. The van der Waals surface area contributed by atoms with Crippen molar-refractivity contribution in [1.82, 2.24) is 5.48 Å². The molecule has 2 nitrogen and oxygen atoms in total. The van der Waals surface area contributed by atoms with Crippen LogP contribution in [0.5, 0.6) is 0 Å². The van der Waals surface area contributed by atoms with Crippen LogP contribution in [0.3, 0.4) is 0 Å². The van der Waals surface area contributed by atoms with Gasteiger partial charge >= 0.3 is 0 Å². The molecule has 0 amide bonds. The molecule has 0 saturated heterocycles. The van der Waals surface area contributed by atoms with Crippen LogP contribution < -0.4 is 5.48 Å². The minimum Gasteiger partial charge on any atom is -0.296 e. The zero-order chi connectivity index (χ0) is 8.04. The molecule has 0 bridgehead atoms. The minimum atomic E-state index is -0.0957. The lowest BCUT2D eigenvalue weighted by molar-refractivity contribution is -0.0677. The Morgan fingerprint density at radius 1 is 1.40 bits per heavy atom. The molecule has 0 fully saturated rings. The highest BCUT2D eigenvalue weighted by atomic mass is 16.7. The summed E-state index contributed by atoms with van der Waals surface area (Å²) in [6, 6.07) is 0. The van der Waals surface area contributed by atoms with Crippen LogP contribution in [0.25, 0.3) is 0 Å². The summed E-state index contributed by atoms with van der Waals surface area (Å²) in [6.07, 6.45) is 3.99. The van der Waals surface area contributed by atoms with Gasteiger partial charge in [0.25, 0.3) is 0 Å². The monoisotopic (exact) mass is 143 g/mol. The van der Waals surface area contributed by atoms with Gasteiger partial charge in [0.05, 0.1) is 5.60 Å². The molecule has 0 saturated carbocycles. The van der Waals surface area contributed by atoms with E-state index in [9.17, 15) is 0 Å². The van der Waals surface area contributed by atoms with Crippen LogP contribution in [-0.2, 0) is 4.84 Å². The fraction of sp³-hybridized carbons (Fsp3) is 0.750. The van der Waals surface area contributed by atoms with Gasteiger partial charge in [0, 0.05) is 6.54 Å². The van der Waals surface area contributed by atoms with Crippen LogP contribution in [0.2, 0.25) is 0 Å². The van der Waals surface area contributed by atoms with Gasteiger partial charge in [-0.1, -0.05) is 12.2 Å². The zero-order valence-electron chi connectivity index (χ0n) is 7.27. The molecular weight excluding hydrogens is 126 g/mol. The molecule has 0 aromatic carbocycles. The van der Waals surface area contributed by atoms with E-state index in [-0.39, 0.29) is 5.60 Å². The highest BCUT2D eigenvalue weighted by Gasteiger charge is 2.08. The molecule has 0 atom stereocenters. The number of rotatable bonds is 3. The Morgan fingerprint density at radius 2 is 2.00 bits per heavy atom. The summed E-state index contributed by atoms with van der Waals surface area (Å²) < 4.78 is 0. The van der Waals surface area contributed by atoms with E-state index >= 15 is 0 Å². The molecule has 0 radical (unpaired) electrons. The molecule has 0 spiro atoms. The number of hydrogen-bond donors (Lipinski definition) is 1. The van der Waals surface area contributed by atoms with Gasteiger partial charge in [-0.3, -0.25) is 4.84 Å². The quantitative estimate of drug-likeness (QED) is 0.370. The second kappa shape index (κ2) is 4.47. The molecule has 1 N–H and O–H groups in total. The summed E-state index contributed by atoms with van der Waals surface area (Å²) in [6.45, 7) is 8.79. The first-order valence-electron chi connectivity index (χ1n) is 3.58. The maximum absolute atomic E-state index is 5.23. The van der Waals surface area contributed by atoms with Crippen molar-refractivity contribution in [3.05, 3.63) is 12.2 Å². The van der Waals surface area contributed by atoms with E-state index in [1.807, 2.05) is 39.8 Å². The van der Waals surface area contributed by atoms with E-state index in [2.05, 4.69) is 5.48 Å². The summed E-state index contributed by atoms with van der Waals surface area (Å²) >= 11 is 0. The molecule has 10 heavy (non-hydrogen) atoms. The molecular formula is C8H17NO. The molecule has 0 aliphatic heterocycles. The number of nitrogens with one attached hydrogen (secondary N) is 1. The summed E-state index contributed by atoms with van der Waals surface area (Å²) in [5, 5.41) is 0. The van der Waals surface area contributed by atoms with Crippen molar-refractivity contribution in [2.75, 3.05) is 6.54 Å². The topological polar surface area (TPSA) is 21.3 Å². The van der Waals surface area contributed by atoms with Crippen LogP contribution >= 0.6 is 0 Å².